The van der Waals surface area contributed by atoms with Gasteiger partial charge in [-0.25, -0.2) is 4.99 Å². The van der Waals surface area contributed by atoms with Crippen LogP contribution in [0.1, 0.15) is 42.4 Å². The van der Waals surface area contributed by atoms with E-state index in [0.717, 1.165) is 42.9 Å². The maximum atomic E-state index is 5.27. The molecule has 1 saturated carbocycles. The average molecular weight is 496 g/mol. The monoisotopic (exact) mass is 496 g/mol. The predicted octanol–water partition coefficient (Wildman–Crippen LogP) is 2.85. The molecule has 1 aliphatic carbocycles. The predicted molar refractivity (Wildman–Crippen MR) is 120 cm³/mol. The number of nitrogens with one attached hydrogen (secondary N) is 1. The zero-order valence-corrected chi connectivity index (χ0v) is 19.1. The van der Waals surface area contributed by atoms with Gasteiger partial charge in [-0.3, -0.25) is 0 Å². The number of benzene rings is 1. The van der Waals surface area contributed by atoms with Gasteiger partial charge in [-0.2, -0.15) is 0 Å². The number of nitrogens with zero attached hydrogens (tertiary/aromatic N) is 5. The van der Waals surface area contributed by atoms with Crippen LogP contribution in [0.15, 0.2) is 29.3 Å². The molecule has 7 nitrogen and oxygen atoms in total. The molecule has 0 bridgehead atoms. The lowest BCUT2D eigenvalue weighted by atomic mass is 9.98. The third kappa shape index (κ3) is 4.76. The van der Waals surface area contributed by atoms with Gasteiger partial charge in [-0.15, -0.1) is 34.2 Å². The third-order valence-electron chi connectivity index (χ3n) is 5.54. The highest BCUT2D eigenvalue weighted by Gasteiger charge is 2.30. The molecule has 1 aromatic heterocycles. The second-order valence-corrected chi connectivity index (χ2v) is 7.49. The number of aliphatic imine (C=N–C) groups is 1. The molecule has 0 amide bonds. The first-order valence-corrected chi connectivity index (χ1v) is 9.69. The molecule has 2 fully saturated rings. The van der Waals surface area contributed by atoms with Gasteiger partial charge in [0.05, 0.1) is 7.11 Å². The first kappa shape index (κ1) is 20.9. The van der Waals surface area contributed by atoms with Crippen molar-refractivity contribution in [2.24, 2.45) is 12.0 Å². The molecule has 1 aromatic carbocycles. The van der Waals surface area contributed by atoms with E-state index in [1.54, 1.807) is 7.11 Å². The van der Waals surface area contributed by atoms with Crippen LogP contribution in [0.5, 0.6) is 5.75 Å². The van der Waals surface area contributed by atoms with E-state index >= 15 is 0 Å². The lowest BCUT2D eigenvalue weighted by molar-refractivity contribution is 0.414. The Balaban J connectivity index is 0.00000225. The lowest BCUT2D eigenvalue weighted by Crippen LogP contribution is -2.41. The van der Waals surface area contributed by atoms with E-state index < -0.39 is 0 Å². The zero-order chi connectivity index (χ0) is 18.8. The summed E-state index contributed by atoms with van der Waals surface area (Å²) in [5.74, 6) is 4.25. The summed E-state index contributed by atoms with van der Waals surface area (Å²) in [6.07, 6.45) is 3.61. The molecule has 2 aliphatic rings. The lowest BCUT2D eigenvalue weighted by Gasteiger charge is -2.22. The van der Waals surface area contributed by atoms with Gasteiger partial charge in [0, 0.05) is 32.1 Å². The van der Waals surface area contributed by atoms with Crippen LogP contribution in [-0.4, -0.2) is 51.9 Å². The maximum Gasteiger partial charge on any atom is 0.194 e. The first-order chi connectivity index (χ1) is 13.1. The molecule has 1 saturated heterocycles. The highest BCUT2D eigenvalue weighted by molar-refractivity contribution is 14.0. The van der Waals surface area contributed by atoms with Crippen molar-refractivity contribution in [2.75, 3.05) is 20.2 Å². The van der Waals surface area contributed by atoms with Crippen LogP contribution < -0.4 is 10.1 Å². The fraction of sp³-hybridized carbons (Fsp3) is 0.550. The third-order valence-corrected chi connectivity index (χ3v) is 5.54. The molecule has 1 atom stereocenters. The van der Waals surface area contributed by atoms with Gasteiger partial charge in [0.25, 0.3) is 0 Å². The smallest absolute Gasteiger partial charge is 0.194 e. The Morgan fingerprint density at radius 1 is 1.21 bits per heavy atom. The van der Waals surface area contributed by atoms with Crippen molar-refractivity contribution in [3.63, 3.8) is 0 Å². The van der Waals surface area contributed by atoms with E-state index in [1.165, 1.54) is 18.4 Å². The standard InChI is InChI=1S/C20H28N6O.HI/c1-14-23-24-19(25(14)2)12-21-20(22-17-6-7-17)26-11-10-16(13-26)15-4-8-18(27-3)9-5-15;/h4-5,8-9,16-17H,6-7,10-13H2,1-3H3,(H,21,22);1H. The Hall–Kier alpha value is -1.84. The van der Waals surface area contributed by atoms with Crippen LogP contribution >= 0.6 is 24.0 Å². The Morgan fingerprint density at radius 2 is 1.96 bits per heavy atom. The topological polar surface area (TPSA) is 67.6 Å². The molecule has 2 heterocycles. The average Bonchev–Trinajstić information content (AvgIpc) is 3.28. The van der Waals surface area contributed by atoms with E-state index in [4.69, 9.17) is 9.73 Å². The van der Waals surface area contributed by atoms with Crippen molar-refractivity contribution in [1.29, 1.82) is 0 Å². The zero-order valence-electron chi connectivity index (χ0n) is 16.8. The van der Waals surface area contributed by atoms with Crippen molar-refractivity contribution in [1.82, 2.24) is 25.0 Å². The van der Waals surface area contributed by atoms with Crippen molar-refractivity contribution >= 4 is 29.9 Å². The minimum Gasteiger partial charge on any atom is -0.497 e. The Bertz CT molecular complexity index is 815. The summed E-state index contributed by atoms with van der Waals surface area (Å²) in [4.78, 5) is 7.26. The van der Waals surface area contributed by atoms with Crippen LogP contribution in [0.3, 0.4) is 0 Å². The molecule has 0 spiro atoms. The molecular formula is C20H29IN6O. The van der Waals surface area contributed by atoms with Crippen molar-refractivity contribution in [3.8, 4) is 5.75 Å². The molecule has 1 unspecified atom stereocenters. The number of guanidine groups is 1. The summed E-state index contributed by atoms with van der Waals surface area (Å²) < 4.78 is 7.28. The molecule has 152 valence electrons. The minimum absolute atomic E-state index is 0. The second kappa shape index (κ2) is 9.11. The van der Waals surface area contributed by atoms with E-state index in [-0.39, 0.29) is 24.0 Å². The van der Waals surface area contributed by atoms with Crippen molar-refractivity contribution < 1.29 is 4.74 Å². The summed E-state index contributed by atoms with van der Waals surface area (Å²) in [5, 5.41) is 12.0. The number of halogens is 1. The largest absolute Gasteiger partial charge is 0.497 e. The number of ether oxygens (including phenoxy) is 1. The fourth-order valence-corrected chi connectivity index (χ4v) is 3.48. The fourth-order valence-electron chi connectivity index (χ4n) is 3.48. The molecule has 0 radical (unpaired) electrons. The SMILES string of the molecule is COc1ccc(C2CCN(C(=NCc3nnc(C)n3C)NC3CC3)C2)cc1.I. The summed E-state index contributed by atoms with van der Waals surface area (Å²) >= 11 is 0. The normalized spacial score (nSPS) is 19.5. The molecule has 1 aliphatic heterocycles. The first-order valence-electron chi connectivity index (χ1n) is 9.69. The Labute approximate surface area is 183 Å². The number of likely N-dealkylation sites (tertiary alicyclic amines) is 1. The van der Waals surface area contributed by atoms with E-state index in [9.17, 15) is 0 Å². The Kier molecular flexibility index (Phi) is 6.79. The highest BCUT2D eigenvalue weighted by Crippen LogP contribution is 2.29. The van der Waals surface area contributed by atoms with Gasteiger partial charge in [-0.1, -0.05) is 12.1 Å². The van der Waals surface area contributed by atoms with Crippen LogP contribution in [0.2, 0.25) is 0 Å². The van der Waals surface area contributed by atoms with Crippen molar-refractivity contribution in [3.05, 3.63) is 41.5 Å². The second-order valence-electron chi connectivity index (χ2n) is 7.49. The molecule has 28 heavy (non-hydrogen) atoms. The summed E-state index contributed by atoms with van der Waals surface area (Å²) in [6.45, 7) is 4.52. The number of aromatic nitrogens is 3. The molecule has 8 heteroatoms. The number of methoxy groups -OCH3 is 1. The maximum absolute atomic E-state index is 5.27. The van der Waals surface area contributed by atoms with E-state index in [2.05, 4.69) is 32.5 Å². The van der Waals surface area contributed by atoms with E-state index in [0.29, 0.717) is 18.5 Å². The summed E-state index contributed by atoms with van der Waals surface area (Å²) in [7, 11) is 3.70. The van der Waals surface area contributed by atoms with Crippen LogP contribution in [-0.2, 0) is 13.6 Å². The molecular weight excluding hydrogens is 467 g/mol. The van der Waals surface area contributed by atoms with E-state index in [1.807, 2.05) is 30.7 Å². The number of rotatable bonds is 5. The van der Waals surface area contributed by atoms with Gasteiger partial charge < -0.3 is 19.5 Å². The summed E-state index contributed by atoms with van der Waals surface area (Å²) in [5.41, 5.74) is 1.37. The van der Waals surface area contributed by atoms with Crippen LogP contribution in [0.25, 0.3) is 0 Å². The van der Waals surface area contributed by atoms with Crippen molar-refractivity contribution in [2.45, 2.75) is 44.7 Å². The van der Waals surface area contributed by atoms with Gasteiger partial charge in [0.2, 0.25) is 0 Å². The number of hydrogen-bond donors (Lipinski definition) is 1. The van der Waals surface area contributed by atoms with Crippen LogP contribution in [0, 0.1) is 6.92 Å². The molecule has 1 N–H and O–H groups in total. The van der Waals surface area contributed by atoms with Gasteiger partial charge in [-0.05, 0) is 43.9 Å². The minimum atomic E-state index is 0. The van der Waals surface area contributed by atoms with Gasteiger partial charge in [0.1, 0.15) is 18.1 Å². The Morgan fingerprint density at radius 3 is 2.57 bits per heavy atom. The molecule has 2 aromatic rings. The van der Waals surface area contributed by atoms with Gasteiger partial charge in [0.15, 0.2) is 11.8 Å². The van der Waals surface area contributed by atoms with Gasteiger partial charge >= 0.3 is 0 Å². The number of aryl methyl sites for hydroxylation is 1. The summed E-state index contributed by atoms with van der Waals surface area (Å²) in [6, 6.07) is 9.03. The quantitative estimate of drug-likeness (QED) is 0.392. The highest BCUT2D eigenvalue weighted by atomic mass is 127. The number of hydrogen-bond acceptors (Lipinski definition) is 4. The molecule has 4 rings (SSSR count). The van der Waals surface area contributed by atoms with Crippen LogP contribution in [0.4, 0.5) is 0 Å².